The molecular formula is C28H24FNO3. The average molecular weight is 442 g/mol. The molecule has 2 N–H and O–H groups in total. The highest BCUT2D eigenvalue weighted by Gasteiger charge is 2.26. The maximum absolute atomic E-state index is 15.5. The molecule has 1 aliphatic carbocycles. The van der Waals surface area contributed by atoms with Crippen LogP contribution in [0.2, 0.25) is 0 Å². The van der Waals surface area contributed by atoms with Crippen LogP contribution in [0.4, 0.5) is 4.39 Å². The zero-order chi connectivity index (χ0) is 23.1. The third-order valence-corrected chi connectivity index (χ3v) is 6.51. The molecule has 0 saturated heterocycles. The summed E-state index contributed by atoms with van der Waals surface area (Å²) in [6.07, 6.45) is 3.81. The van der Waals surface area contributed by atoms with Crippen LogP contribution in [0.3, 0.4) is 0 Å². The van der Waals surface area contributed by atoms with Gasteiger partial charge in [0.25, 0.3) is 0 Å². The molecule has 1 aliphatic rings. The van der Waals surface area contributed by atoms with Crippen LogP contribution >= 0.6 is 0 Å². The Labute approximate surface area is 191 Å². The van der Waals surface area contributed by atoms with E-state index in [2.05, 4.69) is 24.0 Å². The van der Waals surface area contributed by atoms with Gasteiger partial charge in [-0.15, -0.1) is 0 Å². The Morgan fingerprint density at radius 2 is 1.73 bits per heavy atom. The van der Waals surface area contributed by atoms with E-state index in [1.807, 2.05) is 36.4 Å². The normalized spacial score (nSPS) is 12.1. The van der Waals surface area contributed by atoms with E-state index >= 15 is 4.39 Å². The first-order valence-electron chi connectivity index (χ1n) is 11.3. The van der Waals surface area contributed by atoms with Gasteiger partial charge < -0.3 is 10.1 Å². The lowest BCUT2D eigenvalue weighted by Crippen LogP contribution is -2.15. The number of aryl methyl sites for hydroxylation is 1. The number of halogens is 1. The second-order valence-corrected chi connectivity index (χ2v) is 8.70. The molecule has 4 nitrogen and oxygen atoms in total. The van der Waals surface area contributed by atoms with E-state index in [-0.39, 0.29) is 12.2 Å². The van der Waals surface area contributed by atoms with Crippen LogP contribution in [0.15, 0.2) is 54.6 Å². The van der Waals surface area contributed by atoms with Crippen molar-refractivity contribution in [2.24, 2.45) is 0 Å². The lowest BCUT2D eigenvalue weighted by atomic mass is 9.99. The zero-order valence-corrected chi connectivity index (χ0v) is 18.4. The van der Waals surface area contributed by atoms with Crippen molar-refractivity contribution in [1.29, 1.82) is 0 Å². The minimum absolute atomic E-state index is 0.132. The number of Topliss-reactive ketones (excluding diaryl/α,β-unsaturated/α-hetero) is 1. The number of nitrogens with one attached hydrogen (secondary N) is 1. The summed E-state index contributed by atoms with van der Waals surface area (Å²) in [5, 5.41) is 9.70. The average Bonchev–Trinajstić information content (AvgIpc) is 3.35. The Hall–Kier alpha value is -3.73. The predicted molar refractivity (Wildman–Crippen MR) is 127 cm³/mol. The van der Waals surface area contributed by atoms with Crippen LogP contribution < -0.4 is 0 Å². The first kappa shape index (κ1) is 21.1. The number of aliphatic carboxylic acids is 1. The zero-order valence-electron chi connectivity index (χ0n) is 18.4. The van der Waals surface area contributed by atoms with Crippen LogP contribution in [0.5, 0.6) is 0 Å². The van der Waals surface area contributed by atoms with Gasteiger partial charge in [-0.05, 0) is 40.7 Å². The maximum Gasteiger partial charge on any atom is 0.372 e. The molecule has 5 rings (SSSR count). The number of carboxylic acids is 1. The predicted octanol–water partition coefficient (Wildman–Crippen LogP) is 6.08. The summed E-state index contributed by atoms with van der Waals surface area (Å²) < 4.78 is 15.5. The molecular weight excluding hydrogens is 417 g/mol. The van der Waals surface area contributed by atoms with Crippen molar-refractivity contribution in [3.63, 3.8) is 0 Å². The smallest absolute Gasteiger partial charge is 0.372 e. The Morgan fingerprint density at radius 3 is 2.45 bits per heavy atom. The van der Waals surface area contributed by atoms with Crippen LogP contribution in [0, 0.1) is 5.82 Å². The molecule has 1 heterocycles. The second kappa shape index (κ2) is 8.32. The van der Waals surface area contributed by atoms with Gasteiger partial charge in [-0.3, -0.25) is 4.79 Å². The van der Waals surface area contributed by atoms with Crippen molar-refractivity contribution in [2.75, 3.05) is 0 Å². The minimum atomic E-state index is -1.42. The van der Waals surface area contributed by atoms with Gasteiger partial charge in [-0.1, -0.05) is 67.9 Å². The highest BCUT2D eigenvalue weighted by molar-refractivity contribution is 6.33. The fraction of sp³-hybridized carbons (Fsp3) is 0.214. The molecule has 0 amide bonds. The molecule has 0 bridgehead atoms. The van der Waals surface area contributed by atoms with E-state index in [1.54, 1.807) is 6.07 Å². The van der Waals surface area contributed by atoms with Crippen LogP contribution in [-0.4, -0.2) is 21.8 Å². The van der Waals surface area contributed by atoms with Gasteiger partial charge in [0.15, 0.2) is 5.82 Å². The van der Waals surface area contributed by atoms with Gasteiger partial charge in [0.05, 0.1) is 11.2 Å². The van der Waals surface area contributed by atoms with E-state index in [4.69, 9.17) is 5.11 Å². The Bertz CT molecular complexity index is 1400. The summed E-state index contributed by atoms with van der Waals surface area (Å²) in [5.41, 5.74) is 7.78. The molecule has 5 heteroatoms. The molecule has 0 atom stereocenters. The van der Waals surface area contributed by atoms with E-state index in [1.165, 1.54) is 5.56 Å². The molecule has 4 aromatic rings. The van der Waals surface area contributed by atoms with Crippen LogP contribution in [0.1, 0.15) is 42.0 Å². The number of carboxylic acid groups (broad SMARTS) is 1. The van der Waals surface area contributed by atoms with Gasteiger partial charge in [0.2, 0.25) is 5.78 Å². The Kier molecular flexibility index (Phi) is 5.33. The molecule has 0 radical (unpaired) electrons. The summed E-state index contributed by atoms with van der Waals surface area (Å²) in [7, 11) is 0. The fourth-order valence-electron chi connectivity index (χ4n) is 4.75. The summed E-state index contributed by atoms with van der Waals surface area (Å²) in [5.74, 6) is -2.51. The number of carbonyl (C=O) groups is 2. The molecule has 0 unspecified atom stereocenters. The lowest BCUT2D eigenvalue weighted by molar-refractivity contribution is -0.148. The third-order valence-electron chi connectivity index (χ3n) is 6.51. The van der Waals surface area contributed by atoms with Gasteiger partial charge in [0, 0.05) is 29.4 Å². The number of aromatic nitrogens is 1. The van der Waals surface area contributed by atoms with Gasteiger partial charge in [-0.2, -0.15) is 0 Å². The molecule has 0 fully saturated rings. The van der Waals surface area contributed by atoms with Crippen molar-refractivity contribution in [1.82, 2.24) is 4.98 Å². The standard InChI is InChI=1S/C28H24FNO3/c1-2-3-4-16-5-8-18(9-6-16)20-11-12-22-23-15-19-13-17(14-24(31)28(32)33)7-10-21(19)26(23)30-27(22)25(20)29/h5-13,30H,2-4,14-15H2,1H3,(H,32,33). The number of H-pyrrole nitrogens is 1. The molecule has 0 aliphatic heterocycles. The summed E-state index contributed by atoms with van der Waals surface area (Å²) in [6.45, 7) is 2.17. The largest absolute Gasteiger partial charge is 0.475 e. The number of carbonyl (C=O) groups excluding carboxylic acids is 1. The molecule has 0 saturated carbocycles. The van der Waals surface area contributed by atoms with Crippen molar-refractivity contribution in [2.45, 2.75) is 39.0 Å². The van der Waals surface area contributed by atoms with Crippen molar-refractivity contribution in [3.8, 4) is 22.4 Å². The topological polar surface area (TPSA) is 70.2 Å². The van der Waals surface area contributed by atoms with E-state index in [0.29, 0.717) is 23.1 Å². The number of fused-ring (bicyclic) bond motifs is 5. The monoisotopic (exact) mass is 441 g/mol. The molecule has 0 spiro atoms. The van der Waals surface area contributed by atoms with Gasteiger partial charge in [0.1, 0.15) is 0 Å². The highest BCUT2D eigenvalue weighted by Crippen LogP contribution is 2.42. The molecule has 166 valence electrons. The van der Waals surface area contributed by atoms with Crippen molar-refractivity contribution in [3.05, 3.63) is 82.7 Å². The second-order valence-electron chi connectivity index (χ2n) is 8.70. The molecule has 3 aromatic carbocycles. The number of aromatic amines is 1. The van der Waals surface area contributed by atoms with Gasteiger partial charge in [-0.25, -0.2) is 9.18 Å². The number of hydrogen-bond acceptors (Lipinski definition) is 2. The molecule has 33 heavy (non-hydrogen) atoms. The SMILES string of the molecule is CCCCc1ccc(-c2ccc3c4c([nH]c3c2F)-c2ccc(CC(=O)C(=O)O)cc2C4)cc1. The van der Waals surface area contributed by atoms with Crippen molar-refractivity contribution >= 4 is 22.7 Å². The first-order valence-corrected chi connectivity index (χ1v) is 11.3. The summed E-state index contributed by atoms with van der Waals surface area (Å²) in [4.78, 5) is 25.7. The summed E-state index contributed by atoms with van der Waals surface area (Å²) in [6, 6.07) is 17.5. The van der Waals surface area contributed by atoms with E-state index in [9.17, 15) is 9.59 Å². The van der Waals surface area contributed by atoms with Crippen molar-refractivity contribution < 1.29 is 19.1 Å². The van der Waals surface area contributed by atoms with E-state index in [0.717, 1.165) is 52.6 Å². The van der Waals surface area contributed by atoms with Gasteiger partial charge >= 0.3 is 5.97 Å². The Balaban J connectivity index is 1.48. The number of hydrogen-bond donors (Lipinski definition) is 2. The molecule has 1 aromatic heterocycles. The van der Waals surface area contributed by atoms with Crippen LogP contribution in [-0.2, 0) is 28.9 Å². The lowest BCUT2D eigenvalue weighted by Gasteiger charge is -2.08. The number of rotatable bonds is 7. The maximum atomic E-state index is 15.5. The first-order chi connectivity index (χ1) is 16.0. The number of unbranched alkanes of at least 4 members (excludes halogenated alkanes) is 1. The number of benzene rings is 3. The fourth-order valence-corrected chi connectivity index (χ4v) is 4.75. The Morgan fingerprint density at radius 1 is 1.00 bits per heavy atom. The number of ketones is 1. The third kappa shape index (κ3) is 3.74. The van der Waals surface area contributed by atoms with E-state index < -0.39 is 11.8 Å². The highest BCUT2D eigenvalue weighted by atomic mass is 19.1. The quantitative estimate of drug-likeness (QED) is 0.301. The summed E-state index contributed by atoms with van der Waals surface area (Å²) >= 11 is 0. The minimum Gasteiger partial charge on any atom is -0.475 e. The van der Waals surface area contributed by atoms with Crippen LogP contribution in [0.25, 0.3) is 33.3 Å².